The molecule has 0 atom stereocenters. The first-order valence-corrected chi connectivity index (χ1v) is 9.31. The van der Waals surface area contributed by atoms with Gasteiger partial charge < -0.3 is 15.1 Å². The van der Waals surface area contributed by atoms with E-state index < -0.39 is 0 Å². The highest BCUT2D eigenvalue weighted by molar-refractivity contribution is 7.80. The van der Waals surface area contributed by atoms with Crippen LogP contribution in [0.4, 0.5) is 5.69 Å². The molecule has 0 aliphatic heterocycles. The zero-order valence-electron chi connectivity index (χ0n) is 15.4. The number of nitrogens with one attached hydrogen (secondary N) is 2. The van der Waals surface area contributed by atoms with Gasteiger partial charge in [-0.3, -0.25) is 0 Å². The lowest BCUT2D eigenvalue weighted by molar-refractivity contribution is -0.857. The predicted molar refractivity (Wildman–Crippen MR) is 112 cm³/mol. The molecule has 2 aromatic rings. The Morgan fingerprint density at radius 3 is 2.44 bits per heavy atom. The SMILES string of the molecule is Cc1cc(C)c(NC(=S)N(CC[NH+](C)C)Cc2ccccc2)c(Cl)c1. The molecular formula is C20H27ClN3S+. The number of nitrogens with zero attached hydrogens (tertiary/aromatic N) is 1. The molecule has 0 aliphatic carbocycles. The molecule has 0 unspecified atom stereocenters. The van der Waals surface area contributed by atoms with E-state index in [1.54, 1.807) is 0 Å². The van der Waals surface area contributed by atoms with Crippen molar-refractivity contribution in [1.29, 1.82) is 0 Å². The second-order valence-electron chi connectivity index (χ2n) is 6.73. The van der Waals surface area contributed by atoms with E-state index in [4.69, 9.17) is 23.8 Å². The van der Waals surface area contributed by atoms with E-state index in [2.05, 4.69) is 61.6 Å². The molecule has 25 heavy (non-hydrogen) atoms. The van der Waals surface area contributed by atoms with E-state index in [9.17, 15) is 0 Å². The topological polar surface area (TPSA) is 19.7 Å². The van der Waals surface area contributed by atoms with E-state index in [0.717, 1.165) is 36.4 Å². The molecule has 5 heteroatoms. The summed E-state index contributed by atoms with van der Waals surface area (Å²) in [5.41, 5.74) is 4.39. The monoisotopic (exact) mass is 376 g/mol. The van der Waals surface area contributed by atoms with Gasteiger partial charge in [-0.25, -0.2) is 0 Å². The Hall–Kier alpha value is -1.62. The molecule has 0 aromatic heterocycles. The van der Waals surface area contributed by atoms with Crippen molar-refractivity contribution in [3.63, 3.8) is 0 Å². The lowest BCUT2D eigenvalue weighted by Gasteiger charge is -2.27. The smallest absolute Gasteiger partial charge is 0.173 e. The van der Waals surface area contributed by atoms with Crippen LogP contribution in [-0.4, -0.2) is 37.2 Å². The summed E-state index contributed by atoms with van der Waals surface area (Å²) in [4.78, 5) is 3.60. The molecule has 2 N–H and O–H groups in total. The number of hydrogen-bond donors (Lipinski definition) is 2. The third kappa shape index (κ3) is 5.99. The van der Waals surface area contributed by atoms with Crippen molar-refractivity contribution in [3.8, 4) is 0 Å². The molecule has 0 fully saturated rings. The average Bonchev–Trinajstić information content (AvgIpc) is 2.55. The molecule has 134 valence electrons. The Labute approximate surface area is 161 Å². The van der Waals surface area contributed by atoms with Gasteiger partial charge >= 0.3 is 0 Å². The van der Waals surface area contributed by atoms with E-state index in [1.807, 2.05) is 19.1 Å². The average molecular weight is 377 g/mol. The van der Waals surface area contributed by atoms with E-state index in [1.165, 1.54) is 10.5 Å². The standard InChI is InChI=1S/C20H26ClN3S/c1-15-12-16(2)19(18(21)13-15)22-20(25)24(11-10-23(3)4)14-17-8-6-5-7-9-17/h5-9,12-13H,10-11,14H2,1-4H3,(H,22,25)/p+1. The van der Waals surface area contributed by atoms with Crippen LogP contribution in [0.15, 0.2) is 42.5 Å². The fourth-order valence-electron chi connectivity index (χ4n) is 2.67. The minimum absolute atomic E-state index is 0.706. The number of rotatable bonds is 6. The third-order valence-corrected chi connectivity index (χ3v) is 4.71. The van der Waals surface area contributed by atoms with Crippen molar-refractivity contribution in [1.82, 2.24) is 4.90 Å². The van der Waals surface area contributed by atoms with Crippen LogP contribution in [0, 0.1) is 13.8 Å². The van der Waals surface area contributed by atoms with Crippen LogP contribution in [0.2, 0.25) is 5.02 Å². The Bertz CT molecular complexity index is 693. The van der Waals surface area contributed by atoms with Crippen LogP contribution in [0.25, 0.3) is 0 Å². The number of likely N-dealkylation sites (N-methyl/N-ethyl adjacent to an activating group) is 1. The van der Waals surface area contributed by atoms with Crippen molar-refractivity contribution in [2.24, 2.45) is 0 Å². The van der Waals surface area contributed by atoms with Crippen LogP contribution in [-0.2, 0) is 6.54 Å². The molecule has 2 rings (SSSR count). The molecular weight excluding hydrogens is 350 g/mol. The molecule has 0 radical (unpaired) electrons. The maximum absolute atomic E-state index is 6.43. The Morgan fingerprint density at radius 2 is 1.84 bits per heavy atom. The molecule has 0 saturated carbocycles. The largest absolute Gasteiger partial charge is 0.339 e. The highest BCUT2D eigenvalue weighted by Crippen LogP contribution is 2.27. The number of quaternary nitrogens is 1. The molecule has 0 aliphatic rings. The number of anilines is 1. The lowest BCUT2D eigenvalue weighted by Crippen LogP contribution is -3.06. The predicted octanol–water partition coefficient (Wildman–Crippen LogP) is 3.30. The van der Waals surface area contributed by atoms with Gasteiger partial charge in [0.05, 0.1) is 37.9 Å². The van der Waals surface area contributed by atoms with Crippen LogP contribution in [0.1, 0.15) is 16.7 Å². The van der Waals surface area contributed by atoms with Gasteiger partial charge in [-0.1, -0.05) is 48.0 Å². The van der Waals surface area contributed by atoms with Crippen molar-refractivity contribution >= 4 is 34.6 Å². The van der Waals surface area contributed by atoms with Crippen molar-refractivity contribution < 1.29 is 4.90 Å². The zero-order valence-corrected chi connectivity index (χ0v) is 17.0. The van der Waals surface area contributed by atoms with Crippen molar-refractivity contribution in [3.05, 3.63) is 64.2 Å². The summed E-state index contributed by atoms with van der Waals surface area (Å²) < 4.78 is 0. The Balaban J connectivity index is 2.17. The van der Waals surface area contributed by atoms with Crippen LogP contribution in [0.3, 0.4) is 0 Å². The molecule has 0 spiro atoms. The maximum Gasteiger partial charge on any atom is 0.173 e. The molecule has 0 amide bonds. The fourth-order valence-corrected chi connectivity index (χ4v) is 3.30. The van der Waals surface area contributed by atoms with Gasteiger partial charge in [0, 0.05) is 6.54 Å². The zero-order chi connectivity index (χ0) is 18.4. The van der Waals surface area contributed by atoms with Crippen molar-refractivity contribution in [2.45, 2.75) is 20.4 Å². The van der Waals surface area contributed by atoms with Gasteiger partial charge in [-0.05, 0) is 48.8 Å². The van der Waals surface area contributed by atoms with Crippen LogP contribution < -0.4 is 10.2 Å². The quantitative estimate of drug-likeness (QED) is 0.755. The van der Waals surface area contributed by atoms with Gasteiger partial charge in [0.15, 0.2) is 5.11 Å². The number of aryl methyl sites for hydroxylation is 2. The summed E-state index contributed by atoms with van der Waals surface area (Å²) in [5.74, 6) is 0. The Morgan fingerprint density at radius 1 is 1.16 bits per heavy atom. The van der Waals surface area contributed by atoms with Gasteiger partial charge in [-0.2, -0.15) is 0 Å². The second kappa shape index (κ2) is 9.18. The molecule has 0 bridgehead atoms. The molecule has 2 aromatic carbocycles. The first-order valence-electron chi connectivity index (χ1n) is 8.52. The molecule has 3 nitrogen and oxygen atoms in total. The van der Waals surface area contributed by atoms with E-state index in [-0.39, 0.29) is 0 Å². The highest BCUT2D eigenvalue weighted by atomic mass is 35.5. The summed E-state index contributed by atoms with van der Waals surface area (Å²) in [5, 5.41) is 4.78. The number of hydrogen-bond acceptors (Lipinski definition) is 1. The minimum Gasteiger partial charge on any atom is -0.339 e. The summed E-state index contributed by atoms with van der Waals surface area (Å²) in [6.07, 6.45) is 0. The fraction of sp³-hybridized carbons (Fsp3) is 0.350. The molecule has 0 heterocycles. The normalized spacial score (nSPS) is 10.8. The number of benzene rings is 2. The first-order chi connectivity index (χ1) is 11.9. The van der Waals surface area contributed by atoms with Gasteiger partial charge in [0.1, 0.15) is 0 Å². The summed E-state index contributed by atoms with van der Waals surface area (Å²) in [7, 11) is 4.30. The number of halogens is 1. The van der Waals surface area contributed by atoms with Gasteiger partial charge in [0.25, 0.3) is 0 Å². The van der Waals surface area contributed by atoms with Gasteiger partial charge in [-0.15, -0.1) is 0 Å². The van der Waals surface area contributed by atoms with Crippen LogP contribution >= 0.6 is 23.8 Å². The van der Waals surface area contributed by atoms with Gasteiger partial charge in [0.2, 0.25) is 0 Å². The molecule has 0 saturated heterocycles. The van der Waals surface area contributed by atoms with Crippen molar-refractivity contribution in [2.75, 3.05) is 32.5 Å². The third-order valence-electron chi connectivity index (χ3n) is 4.05. The Kier molecular flexibility index (Phi) is 7.24. The summed E-state index contributed by atoms with van der Waals surface area (Å²) in [6.45, 7) is 6.77. The van der Waals surface area contributed by atoms with E-state index >= 15 is 0 Å². The highest BCUT2D eigenvalue weighted by Gasteiger charge is 2.15. The maximum atomic E-state index is 6.43. The minimum atomic E-state index is 0.706. The summed E-state index contributed by atoms with van der Waals surface area (Å²) in [6, 6.07) is 14.5. The first kappa shape index (κ1) is 19.7. The summed E-state index contributed by atoms with van der Waals surface area (Å²) >= 11 is 12.1. The second-order valence-corrected chi connectivity index (χ2v) is 7.53. The lowest BCUT2D eigenvalue weighted by atomic mass is 10.1. The number of thiocarbonyl (C=S) groups is 1. The van der Waals surface area contributed by atoms with E-state index in [0.29, 0.717) is 10.1 Å². The van der Waals surface area contributed by atoms with Crippen LogP contribution in [0.5, 0.6) is 0 Å².